The Labute approximate surface area is 83.5 Å². The Kier molecular flexibility index (Phi) is 2.49. The standard InChI is InChI=1S/C11H14OS/c1-8-5-6-13-11-7-9(12-2)3-4-10(8)11/h3-4,7-8H,5-6H2,1-2H3. The van der Waals surface area contributed by atoms with Crippen molar-refractivity contribution in [1.29, 1.82) is 0 Å². The Hall–Kier alpha value is -0.630. The Morgan fingerprint density at radius 3 is 3.08 bits per heavy atom. The van der Waals surface area contributed by atoms with Crippen LogP contribution in [0.3, 0.4) is 0 Å². The second-order valence-electron chi connectivity index (χ2n) is 3.44. The van der Waals surface area contributed by atoms with E-state index in [2.05, 4.69) is 25.1 Å². The van der Waals surface area contributed by atoms with Crippen LogP contribution >= 0.6 is 11.8 Å². The van der Waals surface area contributed by atoms with E-state index in [9.17, 15) is 0 Å². The molecule has 0 spiro atoms. The summed E-state index contributed by atoms with van der Waals surface area (Å²) in [5, 5.41) is 0. The zero-order chi connectivity index (χ0) is 9.26. The molecular weight excluding hydrogens is 180 g/mol. The predicted molar refractivity (Wildman–Crippen MR) is 56.8 cm³/mol. The van der Waals surface area contributed by atoms with Gasteiger partial charge >= 0.3 is 0 Å². The van der Waals surface area contributed by atoms with Crippen molar-refractivity contribution in [2.45, 2.75) is 24.2 Å². The first-order chi connectivity index (χ1) is 6.31. The van der Waals surface area contributed by atoms with Crippen LogP contribution in [0.5, 0.6) is 5.75 Å². The van der Waals surface area contributed by atoms with Crippen LogP contribution in [0.4, 0.5) is 0 Å². The third-order valence-corrected chi connectivity index (χ3v) is 3.66. The van der Waals surface area contributed by atoms with Gasteiger partial charge in [0.2, 0.25) is 0 Å². The molecule has 1 atom stereocenters. The van der Waals surface area contributed by atoms with Crippen molar-refractivity contribution in [2.24, 2.45) is 0 Å². The highest BCUT2D eigenvalue weighted by molar-refractivity contribution is 7.99. The predicted octanol–water partition coefficient (Wildman–Crippen LogP) is 3.29. The van der Waals surface area contributed by atoms with Crippen molar-refractivity contribution in [3.05, 3.63) is 23.8 Å². The molecule has 1 aliphatic rings. The summed E-state index contributed by atoms with van der Waals surface area (Å²) in [6.07, 6.45) is 1.30. The minimum absolute atomic E-state index is 0.710. The smallest absolute Gasteiger partial charge is 0.119 e. The number of ether oxygens (including phenoxy) is 1. The van der Waals surface area contributed by atoms with Crippen molar-refractivity contribution in [3.8, 4) is 5.75 Å². The van der Waals surface area contributed by atoms with Crippen molar-refractivity contribution in [2.75, 3.05) is 12.9 Å². The minimum Gasteiger partial charge on any atom is -0.497 e. The highest BCUT2D eigenvalue weighted by atomic mass is 32.2. The molecule has 0 saturated heterocycles. The van der Waals surface area contributed by atoms with Gasteiger partial charge in [-0.3, -0.25) is 0 Å². The number of rotatable bonds is 1. The number of hydrogen-bond donors (Lipinski definition) is 0. The molecule has 0 amide bonds. The van der Waals surface area contributed by atoms with Crippen LogP contribution in [-0.2, 0) is 0 Å². The van der Waals surface area contributed by atoms with E-state index in [0.29, 0.717) is 5.92 Å². The van der Waals surface area contributed by atoms with Crippen molar-refractivity contribution >= 4 is 11.8 Å². The zero-order valence-electron chi connectivity index (χ0n) is 8.04. The topological polar surface area (TPSA) is 9.23 Å². The summed E-state index contributed by atoms with van der Waals surface area (Å²) in [5.74, 6) is 2.92. The van der Waals surface area contributed by atoms with E-state index >= 15 is 0 Å². The molecule has 0 aromatic heterocycles. The second kappa shape index (κ2) is 3.62. The van der Waals surface area contributed by atoms with E-state index < -0.39 is 0 Å². The molecule has 0 radical (unpaired) electrons. The molecule has 70 valence electrons. The Balaban J connectivity index is 2.39. The summed E-state index contributed by atoms with van der Waals surface area (Å²) in [6, 6.07) is 6.40. The Bertz CT molecular complexity index is 309. The van der Waals surface area contributed by atoms with Gasteiger partial charge in [-0.15, -0.1) is 11.8 Å². The third-order valence-electron chi connectivity index (χ3n) is 2.56. The number of benzene rings is 1. The molecule has 1 aromatic carbocycles. The first-order valence-corrected chi connectivity index (χ1v) is 5.60. The highest BCUT2D eigenvalue weighted by Crippen LogP contribution is 2.38. The van der Waals surface area contributed by atoms with Gasteiger partial charge in [0.05, 0.1) is 7.11 Å². The minimum atomic E-state index is 0.710. The van der Waals surface area contributed by atoms with E-state index in [4.69, 9.17) is 4.74 Å². The summed E-state index contributed by atoms with van der Waals surface area (Å²) in [7, 11) is 1.72. The molecule has 0 saturated carbocycles. The average Bonchev–Trinajstić information content (AvgIpc) is 2.18. The molecule has 0 fully saturated rings. The molecule has 0 bridgehead atoms. The lowest BCUT2D eigenvalue weighted by Crippen LogP contribution is -2.03. The number of thioether (sulfide) groups is 1. The van der Waals surface area contributed by atoms with Crippen LogP contribution < -0.4 is 4.74 Å². The van der Waals surface area contributed by atoms with E-state index in [0.717, 1.165) is 5.75 Å². The quantitative estimate of drug-likeness (QED) is 0.678. The normalized spacial score (nSPS) is 20.9. The van der Waals surface area contributed by atoms with Gasteiger partial charge in [0, 0.05) is 4.90 Å². The molecule has 1 aliphatic heterocycles. The molecule has 1 unspecified atom stereocenters. The first kappa shape index (κ1) is 8.95. The maximum absolute atomic E-state index is 5.20. The van der Waals surface area contributed by atoms with E-state index in [1.807, 2.05) is 11.8 Å². The second-order valence-corrected chi connectivity index (χ2v) is 4.58. The van der Waals surface area contributed by atoms with Gasteiger partial charge in [-0.05, 0) is 35.8 Å². The molecule has 1 nitrogen and oxygen atoms in total. The number of methoxy groups -OCH3 is 1. The summed E-state index contributed by atoms with van der Waals surface area (Å²) in [4.78, 5) is 1.40. The average molecular weight is 194 g/mol. The van der Waals surface area contributed by atoms with Crippen LogP contribution in [0.25, 0.3) is 0 Å². The lowest BCUT2D eigenvalue weighted by Gasteiger charge is -2.21. The van der Waals surface area contributed by atoms with E-state index in [1.54, 1.807) is 7.11 Å². The van der Waals surface area contributed by atoms with Gasteiger partial charge in [-0.25, -0.2) is 0 Å². The summed E-state index contributed by atoms with van der Waals surface area (Å²) < 4.78 is 5.20. The Morgan fingerprint density at radius 2 is 2.31 bits per heavy atom. The van der Waals surface area contributed by atoms with Crippen LogP contribution in [0.2, 0.25) is 0 Å². The third kappa shape index (κ3) is 1.68. The van der Waals surface area contributed by atoms with Crippen molar-refractivity contribution in [3.63, 3.8) is 0 Å². The SMILES string of the molecule is COc1ccc2c(c1)SCCC2C. The summed E-state index contributed by atoms with van der Waals surface area (Å²) in [5.41, 5.74) is 1.48. The van der Waals surface area contributed by atoms with E-state index in [1.165, 1.54) is 22.6 Å². The van der Waals surface area contributed by atoms with Crippen LogP contribution in [0.15, 0.2) is 23.1 Å². The molecule has 1 heterocycles. The maximum Gasteiger partial charge on any atom is 0.119 e. The molecule has 13 heavy (non-hydrogen) atoms. The summed E-state index contributed by atoms with van der Waals surface area (Å²) >= 11 is 1.94. The lowest BCUT2D eigenvalue weighted by molar-refractivity contribution is 0.413. The Morgan fingerprint density at radius 1 is 1.46 bits per heavy atom. The van der Waals surface area contributed by atoms with Crippen molar-refractivity contribution in [1.82, 2.24) is 0 Å². The fraction of sp³-hybridized carbons (Fsp3) is 0.455. The summed E-state index contributed by atoms with van der Waals surface area (Å²) in [6.45, 7) is 2.30. The fourth-order valence-electron chi connectivity index (χ4n) is 1.67. The monoisotopic (exact) mass is 194 g/mol. The van der Waals surface area contributed by atoms with E-state index in [-0.39, 0.29) is 0 Å². The van der Waals surface area contributed by atoms with Gasteiger partial charge in [-0.1, -0.05) is 13.0 Å². The van der Waals surface area contributed by atoms with Crippen LogP contribution in [0, 0.1) is 0 Å². The number of fused-ring (bicyclic) bond motifs is 1. The molecule has 2 heteroatoms. The highest BCUT2D eigenvalue weighted by Gasteiger charge is 2.16. The lowest BCUT2D eigenvalue weighted by atomic mass is 9.98. The molecule has 0 N–H and O–H groups in total. The molecular formula is C11H14OS. The van der Waals surface area contributed by atoms with Crippen LogP contribution in [-0.4, -0.2) is 12.9 Å². The first-order valence-electron chi connectivity index (χ1n) is 4.62. The van der Waals surface area contributed by atoms with Crippen LogP contribution in [0.1, 0.15) is 24.8 Å². The largest absolute Gasteiger partial charge is 0.497 e. The van der Waals surface area contributed by atoms with Gasteiger partial charge in [0.15, 0.2) is 0 Å². The molecule has 0 aliphatic carbocycles. The van der Waals surface area contributed by atoms with Gasteiger partial charge < -0.3 is 4.74 Å². The van der Waals surface area contributed by atoms with Gasteiger partial charge in [0.1, 0.15) is 5.75 Å². The molecule has 1 aromatic rings. The zero-order valence-corrected chi connectivity index (χ0v) is 8.86. The fourth-order valence-corrected chi connectivity index (χ4v) is 3.00. The van der Waals surface area contributed by atoms with Crippen molar-refractivity contribution < 1.29 is 4.74 Å². The van der Waals surface area contributed by atoms with Gasteiger partial charge in [0.25, 0.3) is 0 Å². The molecule has 2 rings (SSSR count). The number of hydrogen-bond acceptors (Lipinski definition) is 2. The maximum atomic E-state index is 5.20. The van der Waals surface area contributed by atoms with Gasteiger partial charge in [-0.2, -0.15) is 0 Å².